The van der Waals surface area contributed by atoms with Gasteiger partial charge in [-0.1, -0.05) is 54.6 Å². The van der Waals surface area contributed by atoms with Crippen LogP contribution in [0.3, 0.4) is 0 Å². The van der Waals surface area contributed by atoms with Crippen molar-refractivity contribution in [3.63, 3.8) is 0 Å². The topological polar surface area (TPSA) is 52.1 Å². The largest absolute Gasteiger partial charge is 0.451 e. The smallest absolute Gasteiger partial charge is 0.391 e. The van der Waals surface area contributed by atoms with E-state index in [9.17, 15) is 18.0 Å². The van der Waals surface area contributed by atoms with Gasteiger partial charge >= 0.3 is 12.1 Å². The van der Waals surface area contributed by atoms with Crippen LogP contribution < -0.4 is 0 Å². The summed E-state index contributed by atoms with van der Waals surface area (Å²) in [5.74, 6) is -1.92. The summed E-state index contributed by atoms with van der Waals surface area (Å²) in [6.07, 6.45) is -2.84. The number of hydrogen-bond donors (Lipinski definition) is 1. The normalized spacial score (nSPS) is 11.3. The van der Waals surface area contributed by atoms with E-state index in [2.05, 4.69) is 27.1 Å². The van der Waals surface area contributed by atoms with Crippen LogP contribution in [-0.2, 0) is 10.4 Å². The predicted molar refractivity (Wildman–Crippen MR) is 130 cm³/mol. The monoisotopic (exact) mass is 498 g/mol. The fourth-order valence-electron chi connectivity index (χ4n) is 3.45. The Labute approximate surface area is 203 Å². The minimum atomic E-state index is -4.76. The summed E-state index contributed by atoms with van der Waals surface area (Å²) in [7, 11) is 0. The molecule has 34 heavy (non-hydrogen) atoms. The number of thiol groups is 1. The quantitative estimate of drug-likeness (QED) is 0.179. The number of halogens is 3. The number of nitrogens with zero attached hydrogens (tertiary/aromatic N) is 2. The van der Waals surface area contributed by atoms with Crippen molar-refractivity contribution in [2.24, 2.45) is 0 Å². The molecular formula is C25H17F3N2O2S2. The molecule has 3 aromatic carbocycles. The van der Waals surface area contributed by atoms with Crippen molar-refractivity contribution in [3.8, 4) is 33.6 Å². The Hall–Kier alpha value is -3.30. The van der Waals surface area contributed by atoms with E-state index < -0.39 is 18.0 Å². The van der Waals surface area contributed by atoms with Crippen molar-refractivity contribution in [1.82, 2.24) is 9.97 Å². The molecule has 4 rings (SSSR count). The van der Waals surface area contributed by atoms with Crippen LogP contribution in [0.5, 0.6) is 0 Å². The van der Waals surface area contributed by atoms with Crippen LogP contribution in [0, 0.1) is 0 Å². The third-order valence-corrected chi connectivity index (χ3v) is 5.97. The SMILES string of the molecule is CSc1ccc(-c2nc(C(F)(F)F)nc(-c3ccc(C(=O)OS)cc3)c2-c2ccccc2)cc1. The van der Waals surface area contributed by atoms with E-state index in [1.807, 2.05) is 24.5 Å². The highest BCUT2D eigenvalue weighted by Gasteiger charge is 2.37. The lowest BCUT2D eigenvalue weighted by Crippen LogP contribution is -2.13. The van der Waals surface area contributed by atoms with Gasteiger partial charge in [-0.05, 0) is 36.1 Å². The molecule has 0 unspecified atom stereocenters. The van der Waals surface area contributed by atoms with Gasteiger partial charge in [-0.3, -0.25) is 0 Å². The molecule has 0 spiro atoms. The van der Waals surface area contributed by atoms with Gasteiger partial charge in [0.15, 0.2) is 0 Å². The molecule has 0 aliphatic heterocycles. The van der Waals surface area contributed by atoms with Crippen molar-refractivity contribution in [2.75, 3.05) is 6.26 Å². The predicted octanol–water partition coefficient (Wildman–Crippen LogP) is 7.22. The molecule has 9 heteroatoms. The van der Waals surface area contributed by atoms with E-state index in [0.29, 0.717) is 22.3 Å². The molecule has 0 atom stereocenters. The number of aromatic nitrogens is 2. The molecule has 0 aliphatic carbocycles. The van der Waals surface area contributed by atoms with Gasteiger partial charge in [0.25, 0.3) is 0 Å². The molecule has 0 saturated heterocycles. The first kappa shape index (κ1) is 23.8. The maximum Gasteiger partial charge on any atom is 0.451 e. The summed E-state index contributed by atoms with van der Waals surface area (Å²) in [6.45, 7) is 0. The third-order valence-electron chi connectivity index (χ3n) is 5.07. The van der Waals surface area contributed by atoms with Crippen LogP contribution in [0.4, 0.5) is 13.2 Å². The Bertz CT molecular complexity index is 1310. The summed E-state index contributed by atoms with van der Waals surface area (Å²) in [5, 5.41) is 0. The van der Waals surface area contributed by atoms with Crippen LogP contribution in [0.1, 0.15) is 16.2 Å². The summed E-state index contributed by atoms with van der Waals surface area (Å²) < 4.78 is 46.0. The lowest BCUT2D eigenvalue weighted by molar-refractivity contribution is -0.144. The van der Waals surface area contributed by atoms with Crippen LogP contribution in [-0.4, -0.2) is 22.2 Å². The van der Waals surface area contributed by atoms with Crippen molar-refractivity contribution < 1.29 is 22.1 Å². The zero-order chi connectivity index (χ0) is 24.3. The number of hydrogen-bond acceptors (Lipinski definition) is 6. The molecule has 4 aromatic rings. The zero-order valence-electron chi connectivity index (χ0n) is 17.7. The van der Waals surface area contributed by atoms with Gasteiger partial charge < -0.3 is 4.18 Å². The van der Waals surface area contributed by atoms with Gasteiger partial charge in [-0.2, -0.15) is 13.2 Å². The maximum atomic E-state index is 13.8. The molecule has 1 aromatic heterocycles. The number of carbonyl (C=O) groups is 1. The number of rotatable bonds is 5. The van der Waals surface area contributed by atoms with Crippen LogP contribution in [0.15, 0.2) is 83.8 Å². The molecule has 4 nitrogen and oxygen atoms in total. The summed E-state index contributed by atoms with van der Waals surface area (Å²) in [5.41, 5.74) is 2.51. The molecule has 0 N–H and O–H groups in total. The zero-order valence-corrected chi connectivity index (χ0v) is 19.4. The first-order chi connectivity index (χ1) is 16.3. The van der Waals surface area contributed by atoms with E-state index >= 15 is 0 Å². The molecule has 172 valence electrons. The fourth-order valence-corrected chi connectivity index (χ4v) is 3.96. The van der Waals surface area contributed by atoms with Gasteiger partial charge in [0, 0.05) is 34.5 Å². The standard InChI is InChI=1S/C25H17F3N2O2S2/c1-34-19-13-11-17(12-14-19)22-20(15-5-3-2-4-6-15)21(29-24(30-22)25(26,27)28)16-7-9-18(10-8-16)23(31)32-33/h2-14,33H,1H3. The Morgan fingerprint density at radius 1 is 0.824 bits per heavy atom. The molecule has 1 heterocycles. The molecular weight excluding hydrogens is 481 g/mol. The average Bonchev–Trinajstić information content (AvgIpc) is 2.87. The fraction of sp³-hybridized carbons (Fsp3) is 0.0800. The Balaban J connectivity index is 2.03. The first-order valence-corrected chi connectivity index (χ1v) is 11.6. The second kappa shape index (κ2) is 9.90. The van der Waals surface area contributed by atoms with Gasteiger partial charge in [0.05, 0.1) is 17.0 Å². The van der Waals surface area contributed by atoms with Gasteiger partial charge in [0.1, 0.15) is 0 Å². The van der Waals surface area contributed by atoms with Crippen molar-refractivity contribution in [1.29, 1.82) is 0 Å². The average molecular weight is 499 g/mol. The molecule has 0 bridgehead atoms. The first-order valence-electron chi connectivity index (χ1n) is 9.97. The highest BCUT2D eigenvalue weighted by atomic mass is 32.2. The molecule has 0 aliphatic rings. The minimum absolute atomic E-state index is 0.100. The van der Waals surface area contributed by atoms with Crippen molar-refractivity contribution in [2.45, 2.75) is 11.1 Å². The lowest BCUT2D eigenvalue weighted by Gasteiger charge is -2.18. The summed E-state index contributed by atoms with van der Waals surface area (Å²) >= 11 is 5.03. The van der Waals surface area contributed by atoms with Crippen molar-refractivity contribution >= 4 is 30.6 Å². The molecule has 0 amide bonds. The van der Waals surface area contributed by atoms with Crippen LogP contribution >= 0.6 is 24.7 Å². The lowest BCUT2D eigenvalue weighted by atomic mass is 9.94. The van der Waals surface area contributed by atoms with E-state index in [0.717, 1.165) is 4.90 Å². The molecule has 0 fully saturated rings. The Morgan fingerprint density at radius 2 is 1.35 bits per heavy atom. The van der Waals surface area contributed by atoms with Gasteiger partial charge in [0.2, 0.25) is 5.82 Å². The maximum absolute atomic E-state index is 13.8. The minimum Gasteiger partial charge on any atom is -0.391 e. The molecule has 0 saturated carbocycles. The van der Waals surface area contributed by atoms with E-state index in [1.54, 1.807) is 36.4 Å². The van der Waals surface area contributed by atoms with Gasteiger partial charge in [-0.25, -0.2) is 14.8 Å². The van der Waals surface area contributed by atoms with E-state index in [4.69, 9.17) is 0 Å². The summed E-state index contributed by atoms with van der Waals surface area (Å²) in [4.78, 5) is 20.6. The van der Waals surface area contributed by atoms with E-state index in [1.165, 1.54) is 36.0 Å². The highest BCUT2D eigenvalue weighted by Crippen LogP contribution is 2.40. The van der Waals surface area contributed by atoms with E-state index in [-0.39, 0.29) is 17.0 Å². The number of benzene rings is 3. The van der Waals surface area contributed by atoms with Crippen LogP contribution in [0.25, 0.3) is 33.6 Å². The number of carbonyl (C=O) groups excluding carboxylic acids is 1. The molecule has 0 radical (unpaired) electrons. The van der Waals surface area contributed by atoms with Gasteiger partial charge in [-0.15, -0.1) is 11.8 Å². The Morgan fingerprint density at radius 3 is 1.82 bits per heavy atom. The van der Waals surface area contributed by atoms with Crippen LogP contribution in [0.2, 0.25) is 0 Å². The summed E-state index contributed by atoms with van der Waals surface area (Å²) in [6, 6.07) is 22.1. The second-order valence-electron chi connectivity index (χ2n) is 7.17. The highest BCUT2D eigenvalue weighted by molar-refractivity contribution is 7.98. The van der Waals surface area contributed by atoms with Crippen molar-refractivity contribution in [3.05, 3.63) is 90.3 Å². The number of alkyl halides is 3. The third kappa shape index (κ3) is 4.95. The Kier molecular flexibility index (Phi) is 6.95. The second-order valence-corrected chi connectivity index (χ2v) is 8.23. The number of thioether (sulfide) groups is 1.